The first-order valence-corrected chi connectivity index (χ1v) is 8.82. The van der Waals surface area contributed by atoms with Gasteiger partial charge in [0.05, 0.1) is 15.9 Å². The minimum Gasteiger partial charge on any atom is -0.311 e. The highest BCUT2D eigenvalue weighted by molar-refractivity contribution is 9.10. The Morgan fingerprint density at radius 3 is 2.60 bits per heavy atom. The Labute approximate surface area is 131 Å². The van der Waals surface area contributed by atoms with Gasteiger partial charge in [0, 0.05) is 13.6 Å². The summed E-state index contributed by atoms with van der Waals surface area (Å²) in [6.07, 6.45) is 8.02. The maximum Gasteiger partial charge on any atom is 0.0767 e. The fourth-order valence-electron chi connectivity index (χ4n) is 3.14. The summed E-state index contributed by atoms with van der Waals surface area (Å²) < 4.78 is 3.18. The van der Waals surface area contributed by atoms with Gasteiger partial charge in [-0.3, -0.25) is 4.68 Å². The number of halogens is 1. The van der Waals surface area contributed by atoms with Gasteiger partial charge in [0.1, 0.15) is 0 Å². The van der Waals surface area contributed by atoms with Crippen LogP contribution >= 0.6 is 15.9 Å². The van der Waals surface area contributed by atoms with Gasteiger partial charge < -0.3 is 5.32 Å². The van der Waals surface area contributed by atoms with E-state index >= 15 is 0 Å². The summed E-state index contributed by atoms with van der Waals surface area (Å²) in [5, 5.41) is 8.12. The Morgan fingerprint density at radius 2 is 2.00 bits per heavy atom. The Hall–Kier alpha value is -0.350. The van der Waals surface area contributed by atoms with Gasteiger partial charge in [-0.25, -0.2) is 0 Å². The van der Waals surface area contributed by atoms with E-state index in [1.165, 1.54) is 42.3 Å². The van der Waals surface area contributed by atoms with Crippen molar-refractivity contribution in [3.05, 3.63) is 15.9 Å². The Bertz CT molecular complexity index is 420. The van der Waals surface area contributed by atoms with Crippen LogP contribution in [0.5, 0.6) is 0 Å². The summed E-state index contributed by atoms with van der Waals surface area (Å²) in [5.41, 5.74) is 2.42. The number of aromatic nitrogens is 2. The molecule has 114 valence electrons. The molecule has 0 amide bonds. The minimum atomic E-state index is 0.910. The van der Waals surface area contributed by atoms with Crippen LogP contribution in [0.1, 0.15) is 57.3 Å². The molecule has 0 atom stereocenters. The maximum atomic E-state index is 4.54. The second kappa shape index (κ2) is 7.60. The number of nitrogens with zero attached hydrogens (tertiary/aromatic N) is 2. The molecule has 1 saturated carbocycles. The summed E-state index contributed by atoms with van der Waals surface area (Å²) in [4.78, 5) is 0. The fourth-order valence-corrected chi connectivity index (χ4v) is 3.90. The molecule has 0 saturated heterocycles. The van der Waals surface area contributed by atoms with Crippen molar-refractivity contribution in [3.8, 4) is 0 Å². The lowest BCUT2D eigenvalue weighted by atomic mass is 9.81. The molecule has 0 radical (unpaired) electrons. The predicted octanol–water partition coefficient (Wildman–Crippen LogP) is 4.05. The molecule has 0 unspecified atom stereocenters. The highest BCUT2D eigenvalue weighted by atomic mass is 79.9. The van der Waals surface area contributed by atoms with Crippen molar-refractivity contribution >= 4 is 15.9 Å². The van der Waals surface area contributed by atoms with E-state index in [4.69, 9.17) is 0 Å². The molecule has 0 aromatic carbocycles. The number of rotatable bonds is 6. The van der Waals surface area contributed by atoms with Gasteiger partial charge in [-0.1, -0.05) is 39.5 Å². The third kappa shape index (κ3) is 4.08. The summed E-state index contributed by atoms with van der Waals surface area (Å²) in [7, 11) is 2.03. The SMILES string of the molecule is CCc1nn(C)c(CNCCC2CCC(C)CC2)c1Br. The van der Waals surface area contributed by atoms with Crippen molar-refractivity contribution in [1.82, 2.24) is 15.1 Å². The molecule has 0 bridgehead atoms. The molecule has 1 heterocycles. The lowest BCUT2D eigenvalue weighted by Gasteiger charge is -2.26. The molecule has 4 heteroatoms. The summed E-state index contributed by atoms with van der Waals surface area (Å²) in [6.45, 7) is 6.57. The third-order valence-corrected chi connectivity index (χ3v) is 5.58. The lowest BCUT2D eigenvalue weighted by Crippen LogP contribution is -2.21. The molecule has 1 aromatic rings. The Balaban J connectivity index is 1.72. The van der Waals surface area contributed by atoms with Gasteiger partial charge in [0.25, 0.3) is 0 Å². The zero-order valence-electron chi connectivity index (χ0n) is 13.1. The van der Waals surface area contributed by atoms with Crippen LogP contribution in [0.25, 0.3) is 0 Å². The van der Waals surface area contributed by atoms with E-state index in [1.807, 2.05) is 11.7 Å². The maximum absolute atomic E-state index is 4.54. The molecule has 2 rings (SSSR count). The van der Waals surface area contributed by atoms with Gasteiger partial charge in [-0.15, -0.1) is 0 Å². The van der Waals surface area contributed by atoms with E-state index in [2.05, 4.69) is 40.2 Å². The highest BCUT2D eigenvalue weighted by Gasteiger charge is 2.18. The molecule has 1 fully saturated rings. The molecule has 1 aromatic heterocycles. The smallest absolute Gasteiger partial charge is 0.0767 e. The fraction of sp³-hybridized carbons (Fsp3) is 0.812. The highest BCUT2D eigenvalue weighted by Crippen LogP contribution is 2.30. The van der Waals surface area contributed by atoms with Crippen molar-refractivity contribution in [2.45, 2.75) is 58.9 Å². The van der Waals surface area contributed by atoms with E-state index in [0.717, 1.165) is 37.0 Å². The largest absolute Gasteiger partial charge is 0.311 e. The van der Waals surface area contributed by atoms with Gasteiger partial charge in [-0.2, -0.15) is 5.10 Å². The minimum absolute atomic E-state index is 0.910. The summed E-state index contributed by atoms with van der Waals surface area (Å²) in [6, 6.07) is 0. The zero-order valence-corrected chi connectivity index (χ0v) is 14.7. The first-order valence-electron chi connectivity index (χ1n) is 8.02. The van der Waals surface area contributed by atoms with Crippen LogP contribution in [-0.2, 0) is 20.0 Å². The van der Waals surface area contributed by atoms with Gasteiger partial charge >= 0.3 is 0 Å². The first-order chi connectivity index (χ1) is 9.61. The third-order valence-electron chi connectivity index (χ3n) is 4.66. The van der Waals surface area contributed by atoms with Crippen LogP contribution in [0, 0.1) is 11.8 Å². The van der Waals surface area contributed by atoms with Crippen LogP contribution in [-0.4, -0.2) is 16.3 Å². The van der Waals surface area contributed by atoms with Crippen molar-refractivity contribution < 1.29 is 0 Å². The molecular weight excluding hydrogens is 314 g/mol. The predicted molar refractivity (Wildman–Crippen MR) is 87.7 cm³/mol. The van der Waals surface area contributed by atoms with Crippen LogP contribution in [0.4, 0.5) is 0 Å². The molecular formula is C16H28BrN3. The van der Waals surface area contributed by atoms with Crippen LogP contribution < -0.4 is 5.32 Å². The van der Waals surface area contributed by atoms with E-state index < -0.39 is 0 Å². The molecule has 1 aliphatic rings. The Kier molecular flexibility index (Phi) is 6.09. The monoisotopic (exact) mass is 341 g/mol. The Morgan fingerprint density at radius 1 is 1.30 bits per heavy atom. The van der Waals surface area contributed by atoms with Crippen LogP contribution in [0.15, 0.2) is 4.47 Å². The molecule has 0 aliphatic heterocycles. The number of hydrogen-bond donors (Lipinski definition) is 1. The average Bonchev–Trinajstić information content (AvgIpc) is 2.72. The normalized spacial score (nSPS) is 23.2. The van der Waals surface area contributed by atoms with Crippen molar-refractivity contribution in [2.75, 3.05) is 6.54 Å². The first kappa shape index (κ1) is 16.0. The van der Waals surface area contributed by atoms with Gasteiger partial charge in [0.15, 0.2) is 0 Å². The quantitative estimate of drug-likeness (QED) is 0.791. The molecule has 3 nitrogen and oxygen atoms in total. The number of nitrogens with one attached hydrogen (secondary N) is 1. The number of hydrogen-bond acceptors (Lipinski definition) is 2. The van der Waals surface area contributed by atoms with Crippen LogP contribution in [0.2, 0.25) is 0 Å². The van der Waals surface area contributed by atoms with Crippen molar-refractivity contribution in [2.24, 2.45) is 18.9 Å². The molecule has 0 spiro atoms. The van der Waals surface area contributed by atoms with E-state index in [1.54, 1.807) is 0 Å². The van der Waals surface area contributed by atoms with Crippen LogP contribution in [0.3, 0.4) is 0 Å². The topological polar surface area (TPSA) is 29.9 Å². The summed E-state index contributed by atoms with van der Waals surface area (Å²) in [5.74, 6) is 1.90. The zero-order chi connectivity index (χ0) is 14.5. The standard InChI is InChI=1S/C16H28BrN3/c1-4-14-16(17)15(20(3)19-14)11-18-10-9-13-7-5-12(2)6-8-13/h12-13,18H,4-11H2,1-3H3. The van der Waals surface area contributed by atoms with E-state index in [9.17, 15) is 0 Å². The second-order valence-electron chi connectivity index (χ2n) is 6.28. The molecule has 20 heavy (non-hydrogen) atoms. The second-order valence-corrected chi connectivity index (χ2v) is 7.07. The number of aryl methyl sites for hydroxylation is 2. The van der Waals surface area contributed by atoms with E-state index in [0.29, 0.717) is 0 Å². The lowest BCUT2D eigenvalue weighted by molar-refractivity contribution is 0.275. The average molecular weight is 342 g/mol. The van der Waals surface area contributed by atoms with Crippen molar-refractivity contribution in [1.29, 1.82) is 0 Å². The van der Waals surface area contributed by atoms with Gasteiger partial charge in [-0.05, 0) is 47.2 Å². The molecule has 1 N–H and O–H groups in total. The van der Waals surface area contributed by atoms with Gasteiger partial charge in [0.2, 0.25) is 0 Å². The van der Waals surface area contributed by atoms with E-state index in [-0.39, 0.29) is 0 Å². The molecule has 1 aliphatic carbocycles. The summed E-state index contributed by atoms with van der Waals surface area (Å²) >= 11 is 3.67. The van der Waals surface area contributed by atoms with Crippen molar-refractivity contribution in [3.63, 3.8) is 0 Å².